The van der Waals surface area contributed by atoms with Gasteiger partial charge in [-0.1, -0.05) is 0 Å². The minimum absolute atomic E-state index is 0. The van der Waals surface area contributed by atoms with Gasteiger partial charge in [0.15, 0.2) is 0 Å². The maximum absolute atomic E-state index is 11.5. The molecular formula is C11H21N3O3S. The zero-order chi connectivity index (χ0) is 12.5. The standard InChI is InChI=1S/C11H19N3O3.H2S/c12-8(5-15)9(16)14-7-1-3-11(4-2-7)6-13-10(11)17;/h7-8,15H,1-6,12H2,(H,13,17)(H,14,16);1H2/t7?,8-,11?;/m0./s1. The molecule has 1 atom stereocenters. The van der Waals surface area contributed by atoms with Crippen molar-refractivity contribution in [3.05, 3.63) is 0 Å². The Kier molecular flexibility index (Phi) is 5.01. The lowest BCUT2D eigenvalue weighted by Crippen LogP contribution is -2.61. The topological polar surface area (TPSA) is 104 Å². The number of aliphatic hydroxyl groups excluding tert-OH is 1. The molecule has 1 aliphatic heterocycles. The van der Waals surface area contributed by atoms with Gasteiger partial charge in [0.25, 0.3) is 0 Å². The third-order valence-corrected chi connectivity index (χ3v) is 3.89. The molecule has 2 aliphatic rings. The molecule has 2 rings (SSSR count). The van der Waals surface area contributed by atoms with Crippen LogP contribution in [0.25, 0.3) is 0 Å². The number of β-lactam (4-membered cyclic amide) rings is 1. The first-order valence-corrected chi connectivity index (χ1v) is 6.02. The van der Waals surface area contributed by atoms with Crippen molar-refractivity contribution in [2.45, 2.75) is 37.8 Å². The Balaban J connectivity index is 0.00000162. The number of hydrogen-bond donors (Lipinski definition) is 4. The van der Waals surface area contributed by atoms with Gasteiger partial charge in [-0.05, 0) is 25.7 Å². The Morgan fingerprint density at radius 1 is 1.56 bits per heavy atom. The fourth-order valence-corrected chi connectivity index (χ4v) is 2.52. The van der Waals surface area contributed by atoms with Gasteiger partial charge in [0.1, 0.15) is 6.04 Å². The molecule has 0 aromatic rings. The Hall–Kier alpha value is -0.790. The molecule has 1 spiro atoms. The number of aliphatic hydroxyl groups is 1. The Bertz CT molecular complexity index is 329. The molecule has 1 saturated carbocycles. The van der Waals surface area contributed by atoms with E-state index in [1.807, 2.05) is 0 Å². The summed E-state index contributed by atoms with van der Waals surface area (Å²) in [5.41, 5.74) is 5.25. The second-order valence-electron chi connectivity index (χ2n) is 5.03. The van der Waals surface area contributed by atoms with Crippen LogP contribution in [0.2, 0.25) is 0 Å². The summed E-state index contributed by atoms with van der Waals surface area (Å²) in [5, 5.41) is 14.3. The summed E-state index contributed by atoms with van der Waals surface area (Å²) in [6.07, 6.45) is 3.24. The molecule has 6 nitrogen and oxygen atoms in total. The van der Waals surface area contributed by atoms with Crippen LogP contribution in [0.1, 0.15) is 25.7 Å². The molecule has 0 unspecified atom stereocenters. The fraction of sp³-hybridized carbons (Fsp3) is 0.818. The first-order valence-electron chi connectivity index (χ1n) is 6.02. The summed E-state index contributed by atoms with van der Waals surface area (Å²) in [4.78, 5) is 22.9. The van der Waals surface area contributed by atoms with Crippen molar-refractivity contribution in [3.63, 3.8) is 0 Å². The molecule has 2 amide bonds. The van der Waals surface area contributed by atoms with Crippen molar-refractivity contribution in [2.24, 2.45) is 11.1 Å². The largest absolute Gasteiger partial charge is 0.394 e. The smallest absolute Gasteiger partial charge is 0.239 e. The van der Waals surface area contributed by atoms with Crippen LogP contribution in [-0.4, -0.2) is 42.2 Å². The van der Waals surface area contributed by atoms with E-state index in [1.165, 1.54) is 0 Å². The lowest BCUT2D eigenvalue weighted by atomic mass is 9.68. The van der Waals surface area contributed by atoms with Gasteiger partial charge in [-0.15, -0.1) is 0 Å². The molecule has 1 saturated heterocycles. The van der Waals surface area contributed by atoms with E-state index in [4.69, 9.17) is 10.8 Å². The molecule has 2 fully saturated rings. The van der Waals surface area contributed by atoms with Crippen LogP contribution >= 0.6 is 13.5 Å². The highest BCUT2D eigenvalue weighted by molar-refractivity contribution is 7.59. The van der Waals surface area contributed by atoms with Crippen molar-refractivity contribution in [1.29, 1.82) is 0 Å². The Morgan fingerprint density at radius 2 is 2.17 bits per heavy atom. The van der Waals surface area contributed by atoms with Gasteiger partial charge >= 0.3 is 0 Å². The average molecular weight is 275 g/mol. The van der Waals surface area contributed by atoms with E-state index in [1.54, 1.807) is 0 Å². The molecular weight excluding hydrogens is 254 g/mol. The molecule has 7 heteroatoms. The molecule has 104 valence electrons. The zero-order valence-electron chi connectivity index (χ0n) is 10.2. The summed E-state index contributed by atoms with van der Waals surface area (Å²) < 4.78 is 0. The van der Waals surface area contributed by atoms with Gasteiger partial charge in [-0.2, -0.15) is 13.5 Å². The fourth-order valence-electron chi connectivity index (χ4n) is 2.52. The maximum atomic E-state index is 11.5. The van der Waals surface area contributed by atoms with E-state index in [9.17, 15) is 9.59 Å². The predicted octanol–water partition coefficient (Wildman–Crippen LogP) is -1.41. The third kappa shape index (κ3) is 2.78. The van der Waals surface area contributed by atoms with Gasteiger partial charge in [0.05, 0.1) is 12.0 Å². The second kappa shape index (κ2) is 5.90. The quantitative estimate of drug-likeness (QED) is 0.475. The lowest BCUT2D eigenvalue weighted by molar-refractivity contribution is -0.143. The van der Waals surface area contributed by atoms with Crippen molar-refractivity contribution in [3.8, 4) is 0 Å². The number of amides is 2. The number of hydrogen-bond acceptors (Lipinski definition) is 4. The summed E-state index contributed by atoms with van der Waals surface area (Å²) in [5.74, 6) is -0.166. The third-order valence-electron chi connectivity index (χ3n) is 3.89. The summed E-state index contributed by atoms with van der Waals surface area (Å²) in [7, 11) is 0. The summed E-state index contributed by atoms with van der Waals surface area (Å²) in [6, 6.07) is -0.767. The molecule has 1 aliphatic carbocycles. The highest BCUT2D eigenvalue weighted by Crippen LogP contribution is 2.40. The highest BCUT2D eigenvalue weighted by atomic mass is 32.1. The predicted molar refractivity (Wildman–Crippen MR) is 71.3 cm³/mol. The Morgan fingerprint density at radius 3 is 2.56 bits per heavy atom. The minimum atomic E-state index is -0.849. The summed E-state index contributed by atoms with van der Waals surface area (Å²) >= 11 is 0. The monoisotopic (exact) mass is 275 g/mol. The molecule has 0 radical (unpaired) electrons. The van der Waals surface area contributed by atoms with Crippen LogP contribution in [0.15, 0.2) is 0 Å². The highest BCUT2D eigenvalue weighted by Gasteiger charge is 2.48. The van der Waals surface area contributed by atoms with Crippen molar-refractivity contribution in [1.82, 2.24) is 10.6 Å². The van der Waals surface area contributed by atoms with E-state index in [2.05, 4.69) is 10.6 Å². The van der Waals surface area contributed by atoms with E-state index in [0.717, 1.165) is 32.2 Å². The van der Waals surface area contributed by atoms with Crippen LogP contribution in [0.5, 0.6) is 0 Å². The molecule has 1 heterocycles. The van der Waals surface area contributed by atoms with Gasteiger partial charge in [-0.25, -0.2) is 0 Å². The minimum Gasteiger partial charge on any atom is -0.394 e. The van der Waals surface area contributed by atoms with Crippen molar-refractivity contribution in [2.75, 3.05) is 13.2 Å². The SMILES string of the molecule is N[C@@H](CO)C(=O)NC1CCC2(CC1)CNC2=O.S. The number of nitrogens with one attached hydrogen (secondary N) is 2. The van der Waals surface area contributed by atoms with Crippen LogP contribution in [0, 0.1) is 5.41 Å². The van der Waals surface area contributed by atoms with Crippen molar-refractivity contribution >= 4 is 25.3 Å². The van der Waals surface area contributed by atoms with Gasteiger partial charge in [0.2, 0.25) is 11.8 Å². The van der Waals surface area contributed by atoms with E-state index < -0.39 is 6.04 Å². The zero-order valence-corrected chi connectivity index (χ0v) is 11.2. The van der Waals surface area contributed by atoms with Crippen molar-refractivity contribution < 1.29 is 14.7 Å². The van der Waals surface area contributed by atoms with Gasteiger partial charge < -0.3 is 21.5 Å². The van der Waals surface area contributed by atoms with Crippen LogP contribution < -0.4 is 16.4 Å². The second-order valence-corrected chi connectivity index (χ2v) is 5.03. The number of nitrogens with two attached hydrogens (primary N) is 1. The lowest BCUT2D eigenvalue weighted by Gasteiger charge is -2.45. The van der Waals surface area contributed by atoms with E-state index >= 15 is 0 Å². The molecule has 0 aromatic heterocycles. The van der Waals surface area contributed by atoms with Crippen LogP contribution in [0.4, 0.5) is 0 Å². The van der Waals surface area contributed by atoms with Crippen LogP contribution in [0.3, 0.4) is 0 Å². The van der Waals surface area contributed by atoms with E-state index in [-0.39, 0.29) is 43.4 Å². The number of rotatable bonds is 3. The molecule has 5 N–H and O–H groups in total. The normalized spacial score (nSPS) is 31.9. The van der Waals surface area contributed by atoms with Gasteiger partial charge in [0, 0.05) is 12.6 Å². The molecule has 0 bridgehead atoms. The average Bonchev–Trinajstić information content (AvgIpc) is 2.36. The molecule has 0 aromatic carbocycles. The first-order chi connectivity index (χ1) is 8.07. The number of carbonyl (C=O) groups excluding carboxylic acids is 2. The van der Waals surface area contributed by atoms with Crippen LogP contribution in [-0.2, 0) is 9.59 Å². The molecule has 18 heavy (non-hydrogen) atoms. The Labute approximate surface area is 113 Å². The number of carbonyl (C=O) groups is 2. The maximum Gasteiger partial charge on any atom is 0.239 e. The summed E-state index contributed by atoms with van der Waals surface area (Å²) in [6.45, 7) is 0.424. The van der Waals surface area contributed by atoms with Gasteiger partial charge in [-0.3, -0.25) is 9.59 Å². The first kappa shape index (κ1) is 15.3. The van der Waals surface area contributed by atoms with E-state index in [0.29, 0.717) is 0 Å².